The Morgan fingerprint density at radius 3 is 2.37 bits per heavy atom. The molecule has 1 amide bonds. The molecule has 19 heavy (non-hydrogen) atoms. The summed E-state index contributed by atoms with van der Waals surface area (Å²) in [6, 6.07) is 0. The standard InChI is InChI=1S/C13H23NO4.Na.H/c1-5-6-13(10(15)16)7-8-14(9-13)11(17)18-12(2,3)4;;/h5-9H2,1-4H3,(H,15,16);;/t13-;;/m0../s1. The van der Waals surface area contributed by atoms with Crippen LogP contribution in [0.4, 0.5) is 4.79 Å². The molecule has 1 atom stereocenters. The third-order valence-corrected chi connectivity index (χ3v) is 3.19. The Morgan fingerprint density at radius 2 is 1.95 bits per heavy atom. The zero-order valence-corrected chi connectivity index (χ0v) is 11.7. The van der Waals surface area contributed by atoms with Crippen molar-refractivity contribution in [3.8, 4) is 0 Å². The molecule has 1 fully saturated rings. The predicted octanol–water partition coefficient (Wildman–Crippen LogP) is 1.85. The van der Waals surface area contributed by atoms with E-state index in [1.807, 2.05) is 6.92 Å². The van der Waals surface area contributed by atoms with Gasteiger partial charge in [0.25, 0.3) is 0 Å². The van der Waals surface area contributed by atoms with Gasteiger partial charge in [-0.25, -0.2) is 4.79 Å². The van der Waals surface area contributed by atoms with E-state index >= 15 is 0 Å². The molecule has 106 valence electrons. The van der Waals surface area contributed by atoms with Crippen LogP contribution in [-0.4, -0.2) is 70.3 Å². The average molecular weight is 281 g/mol. The Hall–Kier alpha value is -0.260. The van der Waals surface area contributed by atoms with Gasteiger partial charge in [0.2, 0.25) is 0 Å². The van der Waals surface area contributed by atoms with Crippen molar-refractivity contribution < 1.29 is 19.4 Å². The van der Waals surface area contributed by atoms with E-state index in [1.54, 1.807) is 20.8 Å². The molecule has 1 saturated heterocycles. The molecule has 0 saturated carbocycles. The van der Waals surface area contributed by atoms with Crippen LogP contribution < -0.4 is 0 Å². The normalized spacial score (nSPS) is 22.8. The number of carboxylic acid groups (broad SMARTS) is 1. The summed E-state index contributed by atoms with van der Waals surface area (Å²) < 4.78 is 5.27. The summed E-state index contributed by atoms with van der Waals surface area (Å²) in [7, 11) is 0. The quantitative estimate of drug-likeness (QED) is 0.802. The third-order valence-electron chi connectivity index (χ3n) is 3.19. The number of amides is 1. The summed E-state index contributed by atoms with van der Waals surface area (Å²) >= 11 is 0. The van der Waals surface area contributed by atoms with Gasteiger partial charge in [-0.05, 0) is 33.6 Å². The molecule has 0 radical (unpaired) electrons. The van der Waals surface area contributed by atoms with E-state index in [0.29, 0.717) is 19.4 Å². The van der Waals surface area contributed by atoms with Crippen molar-refractivity contribution in [2.75, 3.05) is 13.1 Å². The zero-order chi connectivity index (χ0) is 14.0. The van der Waals surface area contributed by atoms with Crippen molar-refractivity contribution in [3.05, 3.63) is 0 Å². The van der Waals surface area contributed by atoms with Crippen LogP contribution in [0.5, 0.6) is 0 Å². The molecule has 1 heterocycles. The van der Waals surface area contributed by atoms with Gasteiger partial charge in [0.1, 0.15) is 5.60 Å². The summed E-state index contributed by atoms with van der Waals surface area (Å²) in [5, 5.41) is 9.35. The van der Waals surface area contributed by atoms with Gasteiger partial charge in [-0.3, -0.25) is 4.79 Å². The van der Waals surface area contributed by atoms with Crippen molar-refractivity contribution in [2.45, 2.75) is 52.6 Å². The first-order chi connectivity index (χ1) is 8.20. The van der Waals surface area contributed by atoms with E-state index in [-0.39, 0.29) is 36.1 Å². The molecular formula is C13H24NNaO4. The minimum atomic E-state index is -0.810. The number of likely N-dealkylation sites (tertiary alicyclic amines) is 1. The first-order valence-corrected chi connectivity index (χ1v) is 6.41. The van der Waals surface area contributed by atoms with E-state index < -0.39 is 23.1 Å². The summed E-state index contributed by atoms with van der Waals surface area (Å²) in [6.45, 7) is 8.08. The number of carboxylic acids is 1. The third kappa shape index (κ3) is 4.97. The van der Waals surface area contributed by atoms with Gasteiger partial charge in [-0.2, -0.15) is 0 Å². The van der Waals surface area contributed by atoms with E-state index in [0.717, 1.165) is 6.42 Å². The van der Waals surface area contributed by atoms with Crippen LogP contribution in [0.15, 0.2) is 0 Å². The second-order valence-electron chi connectivity index (χ2n) is 5.99. The Bertz CT molecular complexity index is 340. The molecule has 1 rings (SSSR count). The molecule has 0 aliphatic carbocycles. The van der Waals surface area contributed by atoms with Crippen molar-refractivity contribution in [2.24, 2.45) is 5.41 Å². The van der Waals surface area contributed by atoms with Gasteiger partial charge in [-0.15, -0.1) is 0 Å². The molecule has 0 unspecified atom stereocenters. The molecule has 0 spiro atoms. The molecular weight excluding hydrogens is 257 g/mol. The minimum absolute atomic E-state index is 0. The van der Waals surface area contributed by atoms with E-state index in [4.69, 9.17) is 4.74 Å². The second-order valence-corrected chi connectivity index (χ2v) is 5.99. The first-order valence-electron chi connectivity index (χ1n) is 6.41. The Balaban J connectivity index is 0.00000324. The number of hydrogen-bond acceptors (Lipinski definition) is 3. The fourth-order valence-corrected chi connectivity index (χ4v) is 2.32. The molecule has 1 N–H and O–H groups in total. The Morgan fingerprint density at radius 1 is 1.37 bits per heavy atom. The SMILES string of the molecule is CCC[C@]1(C(=O)O)CCN(C(=O)OC(C)(C)C)C1.[NaH]. The number of hydrogen-bond donors (Lipinski definition) is 1. The Labute approximate surface area is 137 Å². The summed E-state index contributed by atoms with van der Waals surface area (Å²) in [6.07, 6.45) is 1.49. The first kappa shape index (κ1) is 18.7. The van der Waals surface area contributed by atoms with Gasteiger partial charge in [0.05, 0.1) is 5.41 Å². The van der Waals surface area contributed by atoms with Crippen LogP contribution in [0, 0.1) is 5.41 Å². The van der Waals surface area contributed by atoms with Crippen LogP contribution in [0.3, 0.4) is 0 Å². The van der Waals surface area contributed by atoms with Crippen LogP contribution in [0.2, 0.25) is 0 Å². The van der Waals surface area contributed by atoms with Gasteiger partial charge in [-0.1, -0.05) is 13.3 Å². The van der Waals surface area contributed by atoms with Crippen molar-refractivity contribution in [1.82, 2.24) is 4.90 Å². The molecule has 0 aromatic carbocycles. The summed E-state index contributed by atoms with van der Waals surface area (Å²) in [5.41, 5.74) is -1.33. The van der Waals surface area contributed by atoms with Crippen LogP contribution in [0.1, 0.15) is 47.0 Å². The molecule has 0 aromatic heterocycles. The fraction of sp³-hybridized carbons (Fsp3) is 0.846. The average Bonchev–Trinajstić information content (AvgIpc) is 2.61. The predicted molar refractivity (Wildman–Crippen MR) is 74.5 cm³/mol. The zero-order valence-electron chi connectivity index (χ0n) is 11.7. The topological polar surface area (TPSA) is 66.8 Å². The maximum absolute atomic E-state index is 11.9. The molecule has 1 aliphatic heterocycles. The molecule has 1 aliphatic rings. The number of rotatable bonds is 3. The van der Waals surface area contributed by atoms with E-state index in [1.165, 1.54) is 4.90 Å². The van der Waals surface area contributed by atoms with Crippen LogP contribution >= 0.6 is 0 Å². The van der Waals surface area contributed by atoms with Gasteiger partial charge >= 0.3 is 41.6 Å². The molecule has 0 aromatic rings. The second kappa shape index (κ2) is 6.95. The number of carbonyl (C=O) groups excluding carboxylic acids is 1. The number of aliphatic carboxylic acids is 1. The number of nitrogens with zero attached hydrogens (tertiary/aromatic N) is 1. The van der Waals surface area contributed by atoms with Crippen LogP contribution in [0.25, 0.3) is 0 Å². The number of carbonyl (C=O) groups is 2. The molecule has 6 heteroatoms. The number of ether oxygens (including phenoxy) is 1. The van der Waals surface area contributed by atoms with Gasteiger partial charge in [0, 0.05) is 13.1 Å². The summed E-state index contributed by atoms with van der Waals surface area (Å²) in [5.74, 6) is -0.810. The maximum atomic E-state index is 11.9. The van der Waals surface area contributed by atoms with E-state index in [2.05, 4.69) is 0 Å². The van der Waals surface area contributed by atoms with Crippen molar-refractivity contribution >= 4 is 41.6 Å². The van der Waals surface area contributed by atoms with Gasteiger partial charge in [0.15, 0.2) is 0 Å². The van der Waals surface area contributed by atoms with Gasteiger partial charge < -0.3 is 14.7 Å². The van der Waals surface area contributed by atoms with Crippen molar-refractivity contribution in [3.63, 3.8) is 0 Å². The van der Waals surface area contributed by atoms with Crippen LogP contribution in [-0.2, 0) is 9.53 Å². The molecule has 5 nitrogen and oxygen atoms in total. The fourth-order valence-electron chi connectivity index (χ4n) is 2.32. The Kier molecular flexibility index (Phi) is 6.86. The monoisotopic (exact) mass is 281 g/mol. The van der Waals surface area contributed by atoms with Crippen molar-refractivity contribution in [1.29, 1.82) is 0 Å². The van der Waals surface area contributed by atoms with E-state index in [9.17, 15) is 14.7 Å². The summed E-state index contributed by atoms with van der Waals surface area (Å²) in [4.78, 5) is 24.8. The molecule has 0 bridgehead atoms.